The smallest absolute Gasteiger partial charge is 0.254 e. The number of halogens is 2. The number of hydrogen-bond acceptors (Lipinski definition) is 2. The molecule has 0 radical (unpaired) electrons. The zero-order valence-corrected chi connectivity index (χ0v) is 16.9. The Hall–Kier alpha value is -2.56. The fourth-order valence-electron chi connectivity index (χ4n) is 2.98. The van der Waals surface area contributed by atoms with Crippen LogP contribution in [-0.2, 0) is 4.79 Å². The second-order valence-electron chi connectivity index (χ2n) is 6.46. The summed E-state index contributed by atoms with van der Waals surface area (Å²) in [6.45, 7) is 2.37. The lowest BCUT2D eigenvalue weighted by molar-refractivity contribution is -0.116. The van der Waals surface area contributed by atoms with Gasteiger partial charge in [-0.3, -0.25) is 9.59 Å². The van der Waals surface area contributed by atoms with Crippen molar-refractivity contribution < 1.29 is 9.59 Å². The van der Waals surface area contributed by atoms with E-state index >= 15 is 0 Å². The Bertz CT molecular complexity index is 1020. The second-order valence-corrected chi connectivity index (χ2v) is 7.30. The first-order chi connectivity index (χ1) is 13.5. The molecule has 3 rings (SSSR count). The molecule has 2 amide bonds. The molecule has 0 aliphatic carbocycles. The topological polar surface area (TPSA) is 49.4 Å². The van der Waals surface area contributed by atoms with Gasteiger partial charge in [-0.25, -0.2) is 0 Å². The molecule has 0 aromatic heterocycles. The van der Waals surface area contributed by atoms with Crippen molar-refractivity contribution in [2.45, 2.75) is 13.3 Å². The quantitative estimate of drug-likeness (QED) is 0.567. The summed E-state index contributed by atoms with van der Waals surface area (Å²) >= 11 is 12.1. The molecule has 144 valence electrons. The van der Waals surface area contributed by atoms with Gasteiger partial charge < -0.3 is 10.2 Å². The number of hydrogen-bond donors (Lipinski definition) is 1. The van der Waals surface area contributed by atoms with Crippen LogP contribution in [0.15, 0.2) is 60.7 Å². The lowest BCUT2D eigenvalue weighted by Gasteiger charge is -2.22. The van der Waals surface area contributed by atoms with Gasteiger partial charge in [0.05, 0.1) is 10.7 Å². The lowest BCUT2D eigenvalue weighted by atomic mass is 10.1. The third-order valence-corrected chi connectivity index (χ3v) is 4.88. The molecule has 1 N–H and O–H groups in total. The first kappa shape index (κ1) is 20.2. The van der Waals surface area contributed by atoms with Crippen molar-refractivity contribution in [2.24, 2.45) is 0 Å². The van der Waals surface area contributed by atoms with Crippen LogP contribution in [-0.4, -0.2) is 29.8 Å². The summed E-state index contributed by atoms with van der Waals surface area (Å²) in [6, 6.07) is 18.2. The number of fused-ring (bicyclic) bond motifs is 1. The van der Waals surface area contributed by atoms with Gasteiger partial charge in [-0.1, -0.05) is 60.5 Å². The fraction of sp³-hybridized carbons (Fsp3) is 0.182. The van der Waals surface area contributed by atoms with Gasteiger partial charge in [0, 0.05) is 17.1 Å². The Morgan fingerprint density at radius 2 is 1.71 bits per heavy atom. The van der Waals surface area contributed by atoms with Crippen molar-refractivity contribution >= 4 is 51.5 Å². The van der Waals surface area contributed by atoms with Crippen LogP contribution in [0.25, 0.3) is 10.8 Å². The highest BCUT2D eigenvalue weighted by atomic mass is 35.5. The van der Waals surface area contributed by atoms with E-state index in [4.69, 9.17) is 23.2 Å². The van der Waals surface area contributed by atoms with E-state index in [0.717, 1.165) is 17.2 Å². The highest BCUT2D eigenvalue weighted by molar-refractivity contribution is 6.35. The van der Waals surface area contributed by atoms with Gasteiger partial charge in [0.2, 0.25) is 5.91 Å². The largest absolute Gasteiger partial charge is 0.329 e. The number of amides is 2. The van der Waals surface area contributed by atoms with Crippen molar-refractivity contribution in [2.75, 3.05) is 18.4 Å². The second kappa shape index (κ2) is 9.09. The highest BCUT2D eigenvalue weighted by Crippen LogP contribution is 2.25. The molecule has 0 spiro atoms. The van der Waals surface area contributed by atoms with Crippen molar-refractivity contribution in [3.8, 4) is 0 Å². The van der Waals surface area contributed by atoms with Crippen LogP contribution in [0.1, 0.15) is 23.7 Å². The zero-order chi connectivity index (χ0) is 20.1. The Morgan fingerprint density at radius 3 is 2.46 bits per heavy atom. The number of anilines is 1. The predicted molar refractivity (Wildman–Crippen MR) is 115 cm³/mol. The summed E-state index contributed by atoms with van der Waals surface area (Å²) in [5.41, 5.74) is 0.981. The van der Waals surface area contributed by atoms with Crippen LogP contribution in [0, 0.1) is 0 Å². The van der Waals surface area contributed by atoms with Gasteiger partial charge in [-0.2, -0.15) is 0 Å². The molecule has 0 atom stereocenters. The van der Waals surface area contributed by atoms with Crippen molar-refractivity contribution in [3.63, 3.8) is 0 Å². The average Bonchev–Trinajstić information content (AvgIpc) is 2.69. The number of benzene rings is 3. The number of nitrogens with zero attached hydrogens (tertiary/aromatic N) is 1. The standard InChI is InChI=1S/C22H20Cl2N2O2/c1-2-11-26(14-21(27)25-20-13-18(23)9-10-19(20)24)22(28)17-8-7-15-5-3-4-6-16(15)12-17/h3-10,12-13H,2,11,14H2,1H3,(H,25,27). The molecule has 6 heteroatoms. The van der Waals surface area contributed by atoms with Crippen LogP contribution in [0.3, 0.4) is 0 Å². The first-order valence-corrected chi connectivity index (χ1v) is 9.76. The monoisotopic (exact) mass is 414 g/mol. The molecular formula is C22H20Cl2N2O2. The molecule has 0 bridgehead atoms. The maximum Gasteiger partial charge on any atom is 0.254 e. The molecule has 0 fully saturated rings. The molecular weight excluding hydrogens is 395 g/mol. The molecule has 28 heavy (non-hydrogen) atoms. The number of nitrogens with one attached hydrogen (secondary N) is 1. The van der Waals surface area contributed by atoms with Crippen molar-refractivity contribution in [1.82, 2.24) is 4.90 Å². The maximum atomic E-state index is 13.0. The number of carbonyl (C=O) groups excluding carboxylic acids is 2. The van der Waals surface area contributed by atoms with Gasteiger partial charge in [0.15, 0.2) is 0 Å². The Morgan fingerprint density at radius 1 is 0.964 bits per heavy atom. The highest BCUT2D eigenvalue weighted by Gasteiger charge is 2.19. The number of rotatable bonds is 6. The minimum absolute atomic E-state index is 0.0671. The van der Waals surface area contributed by atoms with E-state index in [1.165, 1.54) is 4.90 Å². The predicted octanol–water partition coefficient (Wildman–Crippen LogP) is 5.64. The summed E-state index contributed by atoms with van der Waals surface area (Å²) in [5, 5.41) is 5.64. The molecule has 0 saturated carbocycles. The average molecular weight is 415 g/mol. The molecule has 0 aliphatic heterocycles. The molecule has 3 aromatic carbocycles. The third-order valence-electron chi connectivity index (χ3n) is 4.31. The normalized spacial score (nSPS) is 10.7. The van der Waals surface area contributed by atoms with Crippen LogP contribution in [0.5, 0.6) is 0 Å². The van der Waals surface area contributed by atoms with E-state index in [-0.39, 0.29) is 18.4 Å². The first-order valence-electron chi connectivity index (χ1n) is 9.01. The van der Waals surface area contributed by atoms with Crippen LogP contribution < -0.4 is 5.32 Å². The summed E-state index contributed by atoms with van der Waals surface area (Å²) in [5.74, 6) is -0.508. The molecule has 4 nitrogen and oxygen atoms in total. The molecule has 0 unspecified atom stereocenters. The van der Waals surface area contributed by atoms with Crippen LogP contribution in [0.2, 0.25) is 10.0 Å². The van der Waals surface area contributed by atoms with E-state index in [2.05, 4.69) is 5.32 Å². The van der Waals surface area contributed by atoms with Gasteiger partial charge in [0.1, 0.15) is 6.54 Å². The van der Waals surface area contributed by atoms with Crippen LogP contribution in [0.4, 0.5) is 5.69 Å². The van der Waals surface area contributed by atoms with Gasteiger partial charge in [-0.05, 0) is 47.5 Å². The minimum Gasteiger partial charge on any atom is -0.329 e. The van der Waals surface area contributed by atoms with E-state index < -0.39 is 0 Å². The zero-order valence-electron chi connectivity index (χ0n) is 15.4. The minimum atomic E-state index is -0.327. The van der Waals surface area contributed by atoms with Crippen LogP contribution >= 0.6 is 23.2 Å². The SMILES string of the molecule is CCCN(CC(=O)Nc1cc(Cl)ccc1Cl)C(=O)c1ccc2ccccc2c1. The van der Waals surface area contributed by atoms with E-state index in [9.17, 15) is 9.59 Å². The van der Waals surface area contributed by atoms with E-state index in [1.807, 2.05) is 43.3 Å². The molecule has 3 aromatic rings. The molecule has 0 heterocycles. The lowest BCUT2D eigenvalue weighted by Crippen LogP contribution is -2.38. The maximum absolute atomic E-state index is 13.0. The Kier molecular flexibility index (Phi) is 6.55. The van der Waals surface area contributed by atoms with Gasteiger partial charge in [-0.15, -0.1) is 0 Å². The number of carbonyl (C=O) groups is 2. The summed E-state index contributed by atoms with van der Waals surface area (Å²) in [6.07, 6.45) is 0.741. The fourth-order valence-corrected chi connectivity index (χ4v) is 3.32. The van der Waals surface area contributed by atoms with E-state index in [1.54, 1.807) is 24.3 Å². The van der Waals surface area contributed by atoms with Gasteiger partial charge in [0.25, 0.3) is 5.91 Å². The summed E-state index contributed by atoms with van der Waals surface area (Å²) < 4.78 is 0. The Labute approximate surface area is 174 Å². The van der Waals surface area contributed by atoms with Crippen molar-refractivity contribution in [3.05, 3.63) is 76.3 Å². The third kappa shape index (κ3) is 4.83. The Balaban J connectivity index is 1.76. The summed E-state index contributed by atoms with van der Waals surface area (Å²) in [7, 11) is 0. The summed E-state index contributed by atoms with van der Waals surface area (Å²) in [4.78, 5) is 27.0. The van der Waals surface area contributed by atoms with Gasteiger partial charge >= 0.3 is 0 Å². The van der Waals surface area contributed by atoms with Crippen molar-refractivity contribution in [1.29, 1.82) is 0 Å². The molecule has 0 aliphatic rings. The van der Waals surface area contributed by atoms with E-state index in [0.29, 0.717) is 27.8 Å². The molecule has 0 saturated heterocycles.